The first kappa shape index (κ1) is 12.8. The normalized spacial score (nSPS) is 9.89. The summed E-state index contributed by atoms with van der Waals surface area (Å²) in [5, 5.41) is 8.49. The molecule has 19 heavy (non-hydrogen) atoms. The summed E-state index contributed by atoms with van der Waals surface area (Å²) in [7, 11) is 0. The van der Waals surface area contributed by atoms with Gasteiger partial charge in [0.2, 0.25) is 0 Å². The Kier molecular flexibility index (Phi) is 3.93. The summed E-state index contributed by atoms with van der Waals surface area (Å²) in [4.78, 5) is 21.7. The highest BCUT2D eigenvalue weighted by Crippen LogP contribution is 2.23. The predicted molar refractivity (Wildman–Crippen MR) is 69.8 cm³/mol. The highest BCUT2D eigenvalue weighted by molar-refractivity contribution is 5.91. The van der Waals surface area contributed by atoms with E-state index >= 15 is 0 Å². The number of carboxylic acid groups (broad SMARTS) is 1. The average Bonchev–Trinajstić information content (AvgIpc) is 2.39. The molecule has 96 valence electrons. The smallest absolute Gasteiger partial charge is 0.322 e. The van der Waals surface area contributed by atoms with Crippen LogP contribution in [-0.2, 0) is 9.59 Å². The molecule has 0 saturated heterocycles. The molecule has 0 unspecified atom stereocenters. The van der Waals surface area contributed by atoms with E-state index in [-0.39, 0.29) is 0 Å². The van der Waals surface area contributed by atoms with Gasteiger partial charge in [0.05, 0.1) is 0 Å². The first-order chi connectivity index (χ1) is 9.15. The lowest BCUT2D eigenvalue weighted by Crippen LogP contribution is -2.13. The molecule has 0 aliphatic carbocycles. The summed E-state index contributed by atoms with van der Waals surface area (Å²) >= 11 is 0. The van der Waals surface area contributed by atoms with Crippen LogP contribution in [0.4, 0.5) is 0 Å². The summed E-state index contributed by atoms with van der Waals surface area (Å²) in [5.74, 6) is -1.64. The van der Waals surface area contributed by atoms with Gasteiger partial charge < -0.3 is 9.84 Å². The summed E-state index contributed by atoms with van der Waals surface area (Å²) < 4.78 is 4.97. The fourth-order valence-electron chi connectivity index (χ4n) is 1.66. The number of carboxylic acids is 1. The van der Waals surface area contributed by atoms with Gasteiger partial charge in [0.15, 0.2) is 0 Å². The van der Waals surface area contributed by atoms with Crippen molar-refractivity contribution in [2.75, 3.05) is 0 Å². The average molecular weight is 256 g/mol. The zero-order chi connectivity index (χ0) is 13.7. The molecular weight excluding hydrogens is 244 g/mol. The molecule has 0 heterocycles. The number of carbonyl (C=O) groups excluding carboxylic acids is 1. The molecule has 0 aliphatic heterocycles. The molecular formula is C15H12O4. The highest BCUT2D eigenvalue weighted by atomic mass is 16.5. The van der Waals surface area contributed by atoms with Gasteiger partial charge in [0.25, 0.3) is 0 Å². The van der Waals surface area contributed by atoms with Crippen molar-refractivity contribution in [3.8, 4) is 16.9 Å². The first-order valence-electron chi connectivity index (χ1n) is 5.73. The zero-order valence-corrected chi connectivity index (χ0v) is 10.1. The Hall–Kier alpha value is -2.62. The second kappa shape index (κ2) is 5.82. The molecule has 0 saturated carbocycles. The van der Waals surface area contributed by atoms with Crippen molar-refractivity contribution < 1.29 is 19.4 Å². The molecule has 2 aromatic rings. The lowest BCUT2D eigenvalue weighted by molar-refractivity contribution is -0.145. The summed E-state index contributed by atoms with van der Waals surface area (Å²) in [6.45, 7) is 0. The van der Waals surface area contributed by atoms with Gasteiger partial charge in [-0.3, -0.25) is 9.59 Å². The van der Waals surface area contributed by atoms with E-state index < -0.39 is 18.4 Å². The molecule has 0 atom stereocenters. The Morgan fingerprint density at radius 1 is 0.947 bits per heavy atom. The summed E-state index contributed by atoms with van der Waals surface area (Å²) in [6, 6.07) is 16.6. The van der Waals surface area contributed by atoms with Crippen LogP contribution in [0, 0.1) is 0 Å². The molecule has 0 radical (unpaired) electrons. The van der Waals surface area contributed by atoms with E-state index in [4.69, 9.17) is 9.84 Å². The molecule has 0 bridgehead atoms. The van der Waals surface area contributed by atoms with E-state index in [0.717, 1.165) is 11.1 Å². The SMILES string of the molecule is O=C(O)CC(=O)Oc1cccc(-c2ccccc2)c1. The van der Waals surface area contributed by atoms with Crippen LogP contribution in [0.3, 0.4) is 0 Å². The maximum Gasteiger partial charge on any atom is 0.322 e. The molecule has 2 rings (SSSR count). The fourth-order valence-corrected chi connectivity index (χ4v) is 1.66. The minimum Gasteiger partial charge on any atom is -0.481 e. The van der Waals surface area contributed by atoms with Crippen LogP contribution >= 0.6 is 0 Å². The molecule has 0 spiro atoms. The maximum absolute atomic E-state index is 11.3. The summed E-state index contributed by atoms with van der Waals surface area (Å²) in [6.07, 6.45) is -0.643. The van der Waals surface area contributed by atoms with Gasteiger partial charge in [0, 0.05) is 0 Å². The Morgan fingerprint density at radius 2 is 1.63 bits per heavy atom. The van der Waals surface area contributed by atoms with Crippen LogP contribution in [0.25, 0.3) is 11.1 Å². The van der Waals surface area contributed by atoms with Crippen LogP contribution < -0.4 is 4.74 Å². The van der Waals surface area contributed by atoms with Crippen molar-refractivity contribution in [1.82, 2.24) is 0 Å². The number of rotatable bonds is 4. The minimum atomic E-state index is -1.20. The standard InChI is InChI=1S/C15H12O4/c16-14(17)10-15(18)19-13-8-4-7-12(9-13)11-5-2-1-3-6-11/h1-9H,10H2,(H,16,17). The van der Waals surface area contributed by atoms with Crippen LogP contribution in [0.2, 0.25) is 0 Å². The van der Waals surface area contributed by atoms with Gasteiger partial charge in [-0.1, -0.05) is 42.5 Å². The van der Waals surface area contributed by atoms with Crippen LogP contribution in [0.5, 0.6) is 5.75 Å². The third-order valence-electron chi connectivity index (χ3n) is 2.47. The topological polar surface area (TPSA) is 63.6 Å². The monoisotopic (exact) mass is 256 g/mol. The zero-order valence-electron chi connectivity index (χ0n) is 10.1. The Balaban J connectivity index is 2.16. The van der Waals surface area contributed by atoms with E-state index in [2.05, 4.69) is 0 Å². The van der Waals surface area contributed by atoms with Gasteiger partial charge in [-0.25, -0.2) is 0 Å². The Labute approximate surface area is 110 Å². The third kappa shape index (κ3) is 3.67. The molecule has 4 nitrogen and oxygen atoms in total. The molecule has 0 amide bonds. The lowest BCUT2D eigenvalue weighted by atomic mass is 10.1. The van der Waals surface area contributed by atoms with Crippen LogP contribution in [0.1, 0.15) is 6.42 Å². The first-order valence-corrected chi connectivity index (χ1v) is 5.73. The van der Waals surface area contributed by atoms with Crippen molar-refractivity contribution in [1.29, 1.82) is 0 Å². The van der Waals surface area contributed by atoms with Gasteiger partial charge in [-0.05, 0) is 23.3 Å². The van der Waals surface area contributed by atoms with Gasteiger partial charge in [-0.2, -0.15) is 0 Å². The van der Waals surface area contributed by atoms with E-state index in [9.17, 15) is 9.59 Å². The largest absolute Gasteiger partial charge is 0.481 e. The van der Waals surface area contributed by atoms with Crippen molar-refractivity contribution in [2.24, 2.45) is 0 Å². The van der Waals surface area contributed by atoms with Crippen molar-refractivity contribution >= 4 is 11.9 Å². The Bertz CT molecular complexity index is 590. The fraction of sp³-hybridized carbons (Fsp3) is 0.0667. The Morgan fingerprint density at radius 3 is 2.32 bits per heavy atom. The van der Waals surface area contributed by atoms with E-state index in [1.807, 2.05) is 36.4 Å². The molecule has 1 N–H and O–H groups in total. The van der Waals surface area contributed by atoms with Crippen molar-refractivity contribution in [3.05, 3.63) is 54.6 Å². The number of ether oxygens (including phenoxy) is 1. The van der Waals surface area contributed by atoms with Crippen molar-refractivity contribution in [3.63, 3.8) is 0 Å². The van der Waals surface area contributed by atoms with Crippen LogP contribution in [0.15, 0.2) is 54.6 Å². The number of carbonyl (C=O) groups is 2. The van der Waals surface area contributed by atoms with E-state index in [0.29, 0.717) is 5.75 Å². The van der Waals surface area contributed by atoms with Gasteiger partial charge in [0.1, 0.15) is 12.2 Å². The second-order valence-corrected chi connectivity index (χ2v) is 3.94. The lowest BCUT2D eigenvalue weighted by Gasteiger charge is -2.06. The molecule has 0 fully saturated rings. The van der Waals surface area contributed by atoms with Gasteiger partial charge >= 0.3 is 11.9 Å². The summed E-state index contributed by atoms with van der Waals surface area (Å²) in [5.41, 5.74) is 1.90. The highest BCUT2D eigenvalue weighted by Gasteiger charge is 2.10. The number of hydrogen-bond acceptors (Lipinski definition) is 3. The third-order valence-corrected chi connectivity index (χ3v) is 2.47. The minimum absolute atomic E-state index is 0.340. The number of esters is 1. The van der Waals surface area contributed by atoms with E-state index in [1.54, 1.807) is 18.2 Å². The molecule has 0 aliphatic rings. The van der Waals surface area contributed by atoms with Crippen molar-refractivity contribution in [2.45, 2.75) is 6.42 Å². The number of benzene rings is 2. The predicted octanol–water partition coefficient (Wildman–Crippen LogP) is 2.73. The van der Waals surface area contributed by atoms with Crippen LogP contribution in [-0.4, -0.2) is 17.0 Å². The van der Waals surface area contributed by atoms with E-state index in [1.165, 1.54) is 0 Å². The molecule has 0 aromatic heterocycles. The molecule has 4 heteroatoms. The molecule has 2 aromatic carbocycles. The maximum atomic E-state index is 11.3. The quantitative estimate of drug-likeness (QED) is 0.519. The van der Waals surface area contributed by atoms with Gasteiger partial charge in [-0.15, -0.1) is 0 Å². The second-order valence-electron chi connectivity index (χ2n) is 3.94. The number of hydrogen-bond donors (Lipinski definition) is 1. The number of aliphatic carboxylic acids is 1.